The largest absolute Gasteiger partial charge is 0.460 e. The molecule has 0 aromatic heterocycles. The Morgan fingerprint density at radius 1 is 1.08 bits per heavy atom. The molecular formula is C18H26N2O6. The van der Waals surface area contributed by atoms with Crippen LogP contribution in [0.3, 0.4) is 0 Å². The first-order chi connectivity index (χ1) is 12.1. The lowest BCUT2D eigenvalue weighted by Gasteiger charge is -2.28. The molecule has 26 heavy (non-hydrogen) atoms. The van der Waals surface area contributed by atoms with Gasteiger partial charge >= 0.3 is 18.0 Å². The fraction of sp³-hybridized carbons (Fsp3) is 0.500. The summed E-state index contributed by atoms with van der Waals surface area (Å²) in [5, 5.41) is 2.41. The van der Waals surface area contributed by atoms with Gasteiger partial charge in [0, 0.05) is 6.54 Å². The third-order valence-electron chi connectivity index (χ3n) is 3.64. The average molecular weight is 366 g/mol. The Hall–Kier alpha value is -2.61. The monoisotopic (exact) mass is 366 g/mol. The molecule has 8 heteroatoms. The molecule has 1 rings (SSSR count). The third kappa shape index (κ3) is 6.03. The van der Waals surface area contributed by atoms with Crippen molar-refractivity contribution >= 4 is 18.0 Å². The van der Waals surface area contributed by atoms with Crippen LogP contribution in [-0.4, -0.2) is 30.2 Å². The maximum Gasteiger partial charge on any atom is 0.407 e. The van der Waals surface area contributed by atoms with Crippen LogP contribution < -0.4 is 11.2 Å². The number of alkyl carbamates (subject to hydrolysis) is 1. The minimum atomic E-state index is -1.76. The van der Waals surface area contributed by atoms with Crippen molar-refractivity contribution in [3.8, 4) is 0 Å². The minimum absolute atomic E-state index is 0.0203. The predicted octanol–water partition coefficient (Wildman–Crippen LogP) is 2.07. The van der Waals surface area contributed by atoms with E-state index in [-0.39, 0.29) is 19.6 Å². The molecule has 1 aromatic rings. The highest BCUT2D eigenvalue weighted by molar-refractivity contribution is 6.00. The molecule has 0 aliphatic heterocycles. The molecule has 0 heterocycles. The first-order valence-corrected chi connectivity index (χ1v) is 8.24. The number of amides is 1. The minimum Gasteiger partial charge on any atom is -0.460 e. The number of benzene rings is 1. The summed E-state index contributed by atoms with van der Waals surface area (Å²) in [4.78, 5) is 40.9. The molecule has 0 fully saturated rings. The van der Waals surface area contributed by atoms with Gasteiger partial charge in [-0.3, -0.25) is 4.79 Å². The number of rotatable bonds is 7. The summed E-state index contributed by atoms with van der Waals surface area (Å²) in [6.07, 6.45) is -0.747. The number of carbonyl (C=O) groups is 3. The highest BCUT2D eigenvalue weighted by Gasteiger charge is 2.48. The van der Waals surface area contributed by atoms with Crippen molar-refractivity contribution in [1.29, 1.82) is 0 Å². The Morgan fingerprint density at radius 3 is 2.19 bits per heavy atom. The lowest BCUT2D eigenvalue weighted by Crippen LogP contribution is -2.51. The summed E-state index contributed by atoms with van der Waals surface area (Å²) in [7, 11) is 0. The van der Waals surface area contributed by atoms with E-state index in [2.05, 4.69) is 10.2 Å². The van der Waals surface area contributed by atoms with Crippen LogP contribution in [0.2, 0.25) is 0 Å². The Labute approximate surface area is 152 Å². The SMILES string of the molecule is CC[C@@](CNC(=O)OC(C)(C)C)(C(=O)ON)C(=O)OCc1ccccc1. The van der Waals surface area contributed by atoms with Gasteiger partial charge < -0.3 is 19.6 Å². The van der Waals surface area contributed by atoms with Crippen molar-refractivity contribution in [3.63, 3.8) is 0 Å². The second kappa shape index (κ2) is 9.19. The molecule has 0 radical (unpaired) electrons. The van der Waals surface area contributed by atoms with Crippen LogP contribution in [0.4, 0.5) is 4.79 Å². The van der Waals surface area contributed by atoms with Gasteiger partial charge in [0.05, 0.1) is 0 Å². The Bertz CT molecular complexity index is 626. The molecule has 0 aliphatic rings. The second-order valence-electron chi connectivity index (χ2n) is 6.76. The zero-order chi connectivity index (χ0) is 19.8. The van der Waals surface area contributed by atoms with E-state index >= 15 is 0 Å². The predicted molar refractivity (Wildman–Crippen MR) is 93.5 cm³/mol. The summed E-state index contributed by atoms with van der Waals surface area (Å²) in [6, 6.07) is 8.99. The lowest BCUT2D eigenvalue weighted by atomic mass is 9.85. The van der Waals surface area contributed by atoms with Crippen molar-refractivity contribution in [2.45, 2.75) is 46.3 Å². The van der Waals surface area contributed by atoms with E-state index in [1.54, 1.807) is 52.0 Å². The summed E-state index contributed by atoms with van der Waals surface area (Å²) in [6.45, 7) is 6.30. The second-order valence-corrected chi connectivity index (χ2v) is 6.76. The molecule has 0 bridgehead atoms. The summed E-state index contributed by atoms with van der Waals surface area (Å²) >= 11 is 0. The highest BCUT2D eigenvalue weighted by atomic mass is 16.7. The van der Waals surface area contributed by atoms with Crippen molar-refractivity contribution < 1.29 is 28.7 Å². The molecule has 0 unspecified atom stereocenters. The maximum absolute atomic E-state index is 12.6. The van der Waals surface area contributed by atoms with Crippen LogP contribution >= 0.6 is 0 Å². The summed E-state index contributed by atoms with van der Waals surface area (Å²) in [5.74, 6) is 3.16. The summed E-state index contributed by atoms with van der Waals surface area (Å²) < 4.78 is 10.4. The van der Waals surface area contributed by atoms with Gasteiger partial charge in [-0.15, -0.1) is 0 Å². The van der Waals surface area contributed by atoms with Crippen LogP contribution in [0.5, 0.6) is 0 Å². The van der Waals surface area contributed by atoms with Crippen molar-refractivity contribution in [2.24, 2.45) is 11.3 Å². The van der Waals surface area contributed by atoms with Gasteiger partial charge in [-0.2, -0.15) is 5.90 Å². The molecule has 3 N–H and O–H groups in total. The van der Waals surface area contributed by atoms with Crippen LogP contribution in [0.1, 0.15) is 39.7 Å². The molecular weight excluding hydrogens is 340 g/mol. The number of esters is 1. The zero-order valence-corrected chi connectivity index (χ0v) is 15.5. The fourth-order valence-corrected chi connectivity index (χ4v) is 2.15. The Morgan fingerprint density at radius 2 is 1.69 bits per heavy atom. The quantitative estimate of drug-likeness (QED) is 0.431. The molecule has 0 aliphatic carbocycles. The normalized spacial score (nSPS) is 13.3. The van der Waals surface area contributed by atoms with Gasteiger partial charge in [0.15, 0.2) is 5.41 Å². The topological polar surface area (TPSA) is 117 Å². The molecule has 1 aromatic carbocycles. The molecule has 8 nitrogen and oxygen atoms in total. The van der Waals surface area contributed by atoms with Crippen LogP contribution in [0, 0.1) is 5.41 Å². The molecule has 144 valence electrons. The lowest BCUT2D eigenvalue weighted by molar-refractivity contribution is -0.173. The van der Waals surface area contributed by atoms with E-state index in [4.69, 9.17) is 15.4 Å². The van der Waals surface area contributed by atoms with Gasteiger partial charge in [0.25, 0.3) is 0 Å². The number of nitrogens with one attached hydrogen (secondary N) is 1. The smallest absolute Gasteiger partial charge is 0.407 e. The van der Waals surface area contributed by atoms with Gasteiger partial charge in [-0.25, -0.2) is 9.59 Å². The van der Waals surface area contributed by atoms with E-state index < -0.39 is 29.0 Å². The van der Waals surface area contributed by atoms with Crippen LogP contribution in [0.25, 0.3) is 0 Å². The standard InChI is InChI=1S/C18H26N2O6/c1-5-18(15(22)26-19,12-20-16(23)25-17(2,3)4)14(21)24-11-13-9-7-6-8-10-13/h6-10H,5,11-12,19H2,1-4H3,(H,20,23)/t18-/m0/s1. The Balaban J connectivity index is 2.86. The van der Waals surface area contributed by atoms with E-state index in [9.17, 15) is 14.4 Å². The van der Waals surface area contributed by atoms with E-state index in [1.807, 2.05) is 6.07 Å². The molecule has 0 saturated carbocycles. The Kier molecular flexibility index (Phi) is 7.57. The number of hydrogen-bond donors (Lipinski definition) is 2. The zero-order valence-electron chi connectivity index (χ0n) is 15.5. The van der Waals surface area contributed by atoms with Crippen molar-refractivity contribution in [1.82, 2.24) is 5.32 Å². The van der Waals surface area contributed by atoms with E-state index in [0.29, 0.717) is 0 Å². The van der Waals surface area contributed by atoms with Crippen LogP contribution in [-0.2, 0) is 30.5 Å². The van der Waals surface area contributed by atoms with Gasteiger partial charge in [-0.1, -0.05) is 37.3 Å². The summed E-state index contributed by atoms with van der Waals surface area (Å²) in [5.41, 5.74) is -1.73. The fourth-order valence-electron chi connectivity index (χ4n) is 2.15. The molecule has 0 spiro atoms. The van der Waals surface area contributed by atoms with Gasteiger partial charge in [0.2, 0.25) is 0 Å². The van der Waals surface area contributed by atoms with Crippen LogP contribution in [0.15, 0.2) is 30.3 Å². The van der Waals surface area contributed by atoms with E-state index in [0.717, 1.165) is 5.56 Å². The highest BCUT2D eigenvalue weighted by Crippen LogP contribution is 2.26. The third-order valence-corrected chi connectivity index (χ3v) is 3.64. The molecule has 1 atom stereocenters. The van der Waals surface area contributed by atoms with Crippen molar-refractivity contribution in [2.75, 3.05) is 6.54 Å². The van der Waals surface area contributed by atoms with Gasteiger partial charge in [0.1, 0.15) is 12.2 Å². The number of nitrogens with two attached hydrogens (primary N) is 1. The molecule has 0 saturated heterocycles. The number of ether oxygens (including phenoxy) is 2. The number of hydrogen-bond acceptors (Lipinski definition) is 7. The maximum atomic E-state index is 12.6. The van der Waals surface area contributed by atoms with Gasteiger partial charge in [-0.05, 0) is 32.8 Å². The first-order valence-electron chi connectivity index (χ1n) is 8.24. The average Bonchev–Trinajstić information content (AvgIpc) is 2.59. The number of carbonyl (C=O) groups excluding carboxylic acids is 3. The van der Waals surface area contributed by atoms with E-state index in [1.165, 1.54) is 0 Å². The van der Waals surface area contributed by atoms with Crippen molar-refractivity contribution in [3.05, 3.63) is 35.9 Å². The molecule has 1 amide bonds. The first kappa shape index (κ1) is 21.4.